The number of aromatic amines is 1. The number of imidazole rings is 1. The number of carbonyl (C=O) groups is 4. The number of aromatic nitrogens is 3. The van der Waals surface area contributed by atoms with Gasteiger partial charge in [-0.1, -0.05) is 48.0 Å². The molecule has 2 aliphatic rings. The Morgan fingerprint density at radius 1 is 0.927 bits per heavy atom. The molecule has 3 aromatic carbocycles. The molecular weight excluding hydrogens is 718 g/mol. The molecule has 2 aliphatic heterocycles. The number of halogens is 1. The summed E-state index contributed by atoms with van der Waals surface area (Å²) >= 11 is 6.20. The summed E-state index contributed by atoms with van der Waals surface area (Å²) in [5.74, 6) is -1.93. The Balaban J connectivity index is 1.13. The van der Waals surface area contributed by atoms with Crippen molar-refractivity contribution in [3.63, 3.8) is 0 Å². The molecule has 0 saturated carbocycles. The second-order valence-corrected chi connectivity index (χ2v) is 15.7. The van der Waals surface area contributed by atoms with Crippen molar-refractivity contribution in [2.24, 2.45) is 24.8 Å². The summed E-state index contributed by atoms with van der Waals surface area (Å²) in [4.78, 5) is 75.3. The van der Waals surface area contributed by atoms with Crippen LogP contribution in [0.4, 0.5) is 0 Å². The third-order valence-electron chi connectivity index (χ3n) is 11.5. The van der Waals surface area contributed by atoms with Gasteiger partial charge in [0.25, 0.3) is 5.91 Å². The number of likely N-dealkylation sites (N-methyl/N-ethyl adjacent to an activating group) is 1. The van der Waals surface area contributed by atoms with Gasteiger partial charge in [-0.2, -0.15) is 0 Å². The second-order valence-electron chi connectivity index (χ2n) is 15.3. The van der Waals surface area contributed by atoms with Crippen molar-refractivity contribution in [2.75, 3.05) is 33.2 Å². The third-order valence-corrected chi connectivity index (χ3v) is 11.7. The van der Waals surface area contributed by atoms with E-state index in [1.165, 1.54) is 0 Å². The van der Waals surface area contributed by atoms with Crippen molar-refractivity contribution in [3.05, 3.63) is 105 Å². The first-order valence-electron chi connectivity index (χ1n) is 19.0. The lowest BCUT2D eigenvalue weighted by molar-refractivity contribution is -0.140. The molecule has 55 heavy (non-hydrogen) atoms. The van der Waals surface area contributed by atoms with E-state index in [0.29, 0.717) is 48.6 Å². The van der Waals surface area contributed by atoms with E-state index in [0.717, 1.165) is 34.0 Å². The van der Waals surface area contributed by atoms with Gasteiger partial charge in [0.05, 0.1) is 23.4 Å². The smallest absolute Gasteiger partial charge is 0.329 e. The van der Waals surface area contributed by atoms with E-state index in [2.05, 4.69) is 15.6 Å². The Labute approximate surface area is 324 Å². The molecule has 288 valence electrons. The number of amides is 4. The highest BCUT2D eigenvalue weighted by molar-refractivity contribution is 6.31. The van der Waals surface area contributed by atoms with Crippen LogP contribution in [0.3, 0.4) is 0 Å². The van der Waals surface area contributed by atoms with Crippen LogP contribution < -0.4 is 16.3 Å². The number of benzene rings is 3. The van der Waals surface area contributed by atoms with E-state index in [9.17, 15) is 24.0 Å². The second kappa shape index (κ2) is 15.8. The molecule has 13 heteroatoms. The molecule has 2 saturated heterocycles. The Morgan fingerprint density at radius 2 is 1.69 bits per heavy atom. The zero-order chi connectivity index (χ0) is 39.0. The van der Waals surface area contributed by atoms with E-state index >= 15 is 0 Å². The summed E-state index contributed by atoms with van der Waals surface area (Å²) in [6, 6.07) is 20.0. The average Bonchev–Trinajstić information content (AvgIpc) is 3.86. The molecule has 5 aromatic rings. The van der Waals surface area contributed by atoms with Crippen LogP contribution in [0.15, 0.2) is 77.7 Å². The van der Waals surface area contributed by atoms with Crippen LogP contribution in [0.5, 0.6) is 0 Å². The molecule has 2 aromatic heterocycles. The predicted octanol–water partition coefficient (Wildman–Crippen LogP) is 4.70. The molecule has 0 radical (unpaired) electrons. The van der Waals surface area contributed by atoms with E-state index in [4.69, 9.17) is 11.6 Å². The summed E-state index contributed by atoms with van der Waals surface area (Å²) in [6.07, 6.45) is 3.85. The summed E-state index contributed by atoms with van der Waals surface area (Å²) < 4.78 is 3.27. The minimum Gasteiger partial charge on any atom is -0.361 e. The molecular formula is C42H48ClN7O5. The quantitative estimate of drug-likeness (QED) is 0.179. The van der Waals surface area contributed by atoms with Crippen molar-refractivity contribution in [1.29, 1.82) is 0 Å². The van der Waals surface area contributed by atoms with Gasteiger partial charge in [-0.15, -0.1) is 0 Å². The SMILES string of the molecule is CNC(=O)[C@H](CCCc1ccccc1)NC(=O)C1CN(C(=O)Cc2c[nH]c3cc(Cl)ccc23)CC2CN(C(=O)c3ccc4c(c3)n(C)c(=O)n4C(C)C)CC21. The predicted molar refractivity (Wildman–Crippen MR) is 213 cm³/mol. The number of aryl methyl sites for hydroxylation is 2. The monoisotopic (exact) mass is 765 g/mol. The molecule has 3 N–H and O–H groups in total. The van der Waals surface area contributed by atoms with Gasteiger partial charge >= 0.3 is 5.69 Å². The van der Waals surface area contributed by atoms with Crippen molar-refractivity contribution in [3.8, 4) is 0 Å². The van der Waals surface area contributed by atoms with Gasteiger partial charge in [-0.3, -0.25) is 28.3 Å². The number of fused-ring (bicyclic) bond motifs is 3. The van der Waals surface area contributed by atoms with Crippen LogP contribution >= 0.6 is 11.6 Å². The van der Waals surface area contributed by atoms with Gasteiger partial charge in [-0.25, -0.2) is 4.79 Å². The number of hydrogen-bond acceptors (Lipinski definition) is 5. The van der Waals surface area contributed by atoms with Crippen molar-refractivity contribution in [1.82, 2.24) is 34.6 Å². The highest BCUT2D eigenvalue weighted by Crippen LogP contribution is 2.37. The van der Waals surface area contributed by atoms with Gasteiger partial charge in [0.15, 0.2) is 0 Å². The first-order valence-corrected chi connectivity index (χ1v) is 19.4. The van der Waals surface area contributed by atoms with Crippen LogP contribution in [0.1, 0.15) is 54.2 Å². The normalized spacial score (nSPS) is 18.8. The molecule has 3 unspecified atom stereocenters. The minimum atomic E-state index is -0.751. The number of likely N-dealkylation sites (tertiary alicyclic amines) is 2. The van der Waals surface area contributed by atoms with Gasteiger partial charge < -0.3 is 25.4 Å². The fourth-order valence-corrected chi connectivity index (χ4v) is 8.73. The molecule has 0 bridgehead atoms. The van der Waals surface area contributed by atoms with E-state index < -0.39 is 12.0 Å². The maximum absolute atomic E-state index is 14.3. The molecule has 2 fully saturated rings. The first-order chi connectivity index (χ1) is 26.4. The molecule has 4 amide bonds. The van der Waals surface area contributed by atoms with Crippen LogP contribution in [-0.4, -0.2) is 86.8 Å². The summed E-state index contributed by atoms with van der Waals surface area (Å²) in [6.45, 7) is 5.16. The van der Waals surface area contributed by atoms with Gasteiger partial charge in [0.2, 0.25) is 17.7 Å². The van der Waals surface area contributed by atoms with Gasteiger partial charge in [0.1, 0.15) is 6.04 Å². The zero-order valence-electron chi connectivity index (χ0n) is 31.7. The number of nitrogens with one attached hydrogen (secondary N) is 3. The fraction of sp³-hybridized carbons (Fsp3) is 0.405. The Hall–Kier alpha value is -5.36. The molecule has 12 nitrogen and oxygen atoms in total. The Bertz CT molecular complexity index is 2310. The van der Waals surface area contributed by atoms with Crippen LogP contribution in [0.2, 0.25) is 5.02 Å². The summed E-state index contributed by atoms with van der Waals surface area (Å²) in [5, 5.41) is 7.24. The number of H-pyrrole nitrogens is 1. The Morgan fingerprint density at radius 3 is 2.44 bits per heavy atom. The minimum absolute atomic E-state index is 0.0467. The third kappa shape index (κ3) is 7.65. The van der Waals surface area contributed by atoms with Gasteiger partial charge in [-0.05, 0) is 86.4 Å². The fourth-order valence-electron chi connectivity index (χ4n) is 8.56. The molecule has 0 aliphatic carbocycles. The number of hydrogen-bond donors (Lipinski definition) is 3. The molecule has 7 rings (SSSR count). The van der Waals surface area contributed by atoms with E-state index in [1.807, 2.05) is 68.6 Å². The van der Waals surface area contributed by atoms with E-state index in [-0.39, 0.29) is 60.2 Å². The maximum atomic E-state index is 14.3. The van der Waals surface area contributed by atoms with Crippen molar-refractivity contribution < 1.29 is 19.2 Å². The highest BCUT2D eigenvalue weighted by Gasteiger charge is 2.48. The van der Waals surface area contributed by atoms with Crippen molar-refractivity contribution >= 4 is 57.2 Å². The molecule has 4 atom stereocenters. The lowest BCUT2D eigenvalue weighted by atomic mass is 9.79. The summed E-state index contributed by atoms with van der Waals surface area (Å²) in [7, 11) is 3.26. The van der Waals surface area contributed by atoms with Gasteiger partial charge in [0, 0.05) is 74.0 Å². The van der Waals surface area contributed by atoms with Crippen LogP contribution in [0, 0.1) is 17.8 Å². The summed E-state index contributed by atoms with van der Waals surface area (Å²) in [5.41, 5.74) is 4.55. The van der Waals surface area contributed by atoms with E-state index in [1.54, 1.807) is 51.2 Å². The lowest BCUT2D eigenvalue weighted by Crippen LogP contribution is -2.56. The number of piperidine rings is 1. The average molecular weight is 766 g/mol. The Kier molecular flexibility index (Phi) is 10.9. The molecule has 0 spiro atoms. The number of rotatable bonds is 11. The topological polar surface area (TPSA) is 142 Å². The van der Waals surface area contributed by atoms with Crippen LogP contribution in [-0.2, 0) is 34.3 Å². The lowest BCUT2D eigenvalue weighted by Gasteiger charge is -2.40. The zero-order valence-corrected chi connectivity index (χ0v) is 32.4. The van der Waals surface area contributed by atoms with Crippen molar-refractivity contribution in [2.45, 2.75) is 51.6 Å². The maximum Gasteiger partial charge on any atom is 0.329 e. The number of carbonyl (C=O) groups excluding carboxylic acids is 4. The largest absolute Gasteiger partial charge is 0.361 e. The molecule has 4 heterocycles. The first kappa shape index (κ1) is 37.9. The number of nitrogens with zero attached hydrogens (tertiary/aromatic N) is 4. The standard InChI is InChI=1S/C42H48ClN7O5/c1-25(2)50-36-16-13-27(17-37(36)47(4)42(50)55)41(54)49-22-29-21-48(38(51)18-28-20-45-35-19-30(43)14-15-31(28)35)24-33(32(29)23-49)39(52)46-34(40(53)44-3)12-8-11-26-9-6-5-7-10-26/h5-7,9-10,13-17,19-20,25,29,32-34,45H,8,11-12,18,21-24H2,1-4H3,(H,44,53)(H,46,52)/t29?,32?,33?,34-/m0/s1. The highest BCUT2D eigenvalue weighted by atomic mass is 35.5. The van der Waals surface area contributed by atoms with Crippen LogP contribution in [0.25, 0.3) is 21.9 Å².